The number of carbonyl (C=O) groups is 1. The number of amides is 1. The molecule has 1 aromatic carbocycles. The molecule has 1 aromatic rings. The maximum Gasteiger partial charge on any atom is 0.261 e. The molecule has 0 saturated heterocycles. The molecule has 1 aliphatic rings. The molecule has 1 amide bonds. The molecule has 16 heavy (non-hydrogen) atoms. The van der Waals surface area contributed by atoms with Crippen molar-refractivity contribution in [2.24, 2.45) is 0 Å². The lowest BCUT2D eigenvalue weighted by Gasteiger charge is -2.35. The van der Waals surface area contributed by atoms with E-state index in [1.807, 2.05) is 50.1 Å². The zero-order valence-corrected chi connectivity index (χ0v) is 10.3. The molecule has 86 valence electrons. The average Bonchev–Trinajstić information content (AvgIpc) is 2.36. The average molecular weight is 218 g/mol. The van der Waals surface area contributed by atoms with Gasteiger partial charge in [-0.05, 0) is 12.1 Å². The van der Waals surface area contributed by atoms with E-state index in [0.717, 1.165) is 11.3 Å². The van der Waals surface area contributed by atoms with Crippen LogP contribution in [0.2, 0.25) is 0 Å². The lowest BCUT2D eigenvalue weighted by atomic mass is 10.1. The van der Waals surface area contributed by atoms with Gasteiger partial charge in [-0.1, -0.05) is 32.6 Å². The van der Waals surface area contributed by atoms with Crippen LogP contribution in [0.4, 0.5) is 5.69 Å². The standard InChI is InChI=1S/C11H12N2O.C2H6/c1-8-12(2)10-7-5-4-6-9(10)11(14)13(8)3;1-2/h4-7H,1H2,2-3H3;1-2H3. The summed E-state index contributed by atoms with van der Waals surface area (Å²) < 4.78 is 0. The lowest BCUT2D eigenvalue weighted by Crippen LogP contribution is -2.39. The molecule has 0 atom stereocenters. The molecule has 0 aliphatic carbocycles. The van der Waals surface area contributed by atoms with Crippen molar-refractivity contribution in [2.45, 2.75) is 13.8 Å². The highest BCUT2D eigenvalue weighted by Gasteiger charge is 2.27. The van der Waals surface area contributed by atoms with Crippen molar-refractivity contribution < 1.29 is 4.79 Å². The van der Waals surface area contributed by atoms with Gasteiger partial charge in [-0.2, -0.15) is 0 Å². The third-order valence-electron chi connectivity index (χ3n) is 2.57. The van der Waals surface area contributed by atoms with Crippen molar-refractivity contribution in [2.75, 3.05) is 19.0 Å². The first-order valence-electron chi connectivity index (χ1n) is 5.42. The summed E-state index contributed by atoms with van der Waals surface area (Å²) in [5.74, 6) is 0.706. The summed E-state index contributed by atoms with van der Waals surface area (Å²) in [6, 6.07) is 7.54. The highest BCUT2D eigenvalue weighted by Crippen LogP contribution is 2.29. The molecule has 0 fully saturated rings. The minimum absolute atomic E-state index is 0.00343. The summed E-state index contributed by atoms with van der Waals surface area (Å²) >= 11 is 0. The van der Waals surface area contributed by atoms with Gasteiger partial charge >= 0.3 is 0 Å². The van der Waals surface area contributed by atoms with Crippen LogP contribution in [0.1, 0.15) is 24.2 Å². The van der Waals surface area contributed by atoms with Crippen molar-refractivity contribution in [1.82, 2.24) is 4.90 Å². The first-order chi connectivity index (χ1) is 7.63. The number of fused-ring (bicyclic) bond motifs is 1. The van der Waals surface area contributed by atoms with Crippen LogP contribution in [0.3, 0.4) is 0 Å². The Kier molecular flexibility index (Phi) is 3.72. The van der Waals surface area contributed by atoms with Crippen LogP contribution in [-0.4, -0.2) is 24.9 Å². The van der Waals surface area contributed by atoms with Crippen molar-refractivity contribution >= 4 is 11.6 Å². The summed E-state index contributed by atoms with van der Waals surface area (Å²) in [4.78, 5) is 15.3. The normalized spacial score (nSPS) is 14.2. The fourth-order valence-corrected chi connectivity index (χ4v) is 1.61. The summed E-state index contributed by atoms with van der Waals surface area (Å²) in [7, 11) is 3.64. The van der Waals surface area contributed by atoms with Crippen molar-refractivity contribution in [3.05, 3.63) is 42.2 Å². The number of hydrogen-bond acceptors (Lipinski definition) is 2. The molecular formula is C13H18N2O. The number of benzene rings is 1. The van der Waals surface area contributed by atoms with Gasteiger partial charge in [0.25, 0.3) is 5.91 Å². The third-order valence-corrected chi connectivity index (χ3v) is 2.57. The predicted octanol–water partition coefficient (Wildman–Crippen LogP) is 2.71. The Morgan fingerprint density at radius 2 is 1.62 bits per heavy atom. The molecule has 0 spiro atoms. The zero-order chi connectivity index (χ0) is 12.3. The minimum atomic E-state index is 0.00343. The summed E-state index contributed by atoms with van der Waals surface area (Å²) in [6.07, 6.45) is 0. The van der Waals surface area contributed by atoms with Crippen LogP contribution in [0.25, 0.3) is 0 Å². The van der Waals surface area contributed by atoms with E-state index < -0.39 is 0 Å². The molecule has 0 aromatic heterocycles. The van der Waals surface area contributed by atoms with Gasteiger partial charge in [-0.15, -0.1) is 0 Å². The van der Waals surface area contributed by atoms with Crippen LogP contribution in [0.15, 0.2) is 36.7 Å². The number of para-hydroxylation sites is 1. The van der Waals surface area contributed by atoms with Gasteiger partial charge in [0.1, 0.15) is 5.82 Å². The van der Waals surface area contributed by atoms with E-state index in [9.17, 15) is 4.79 Å². The molecule has 0 unspecified atom stereocenters. The quantitative estimate of drug-likeness (QED) is 0.668. The second kappa shape index (κ2) is 4.84. The number of rotatable bonds is 0. The molecule has 3 heteroatoms. The topological polar surface area (TPSA) is 23.6 Å². The van der Waals surface area contributed by atoms with Gasteiger partial charge in [-0.3, -0.25) is 9.69 Å². The van der Waals surface area contributed by atoms with Crippen LogP contribution >= 0.6 is 0 Å². The molecule has 2 rings (SSSR count). The summed E-state index contributed by atoms with van der Waals surface area (Å²) in [6.45, 7) is 7.86. The van der Waals surface area contributed by atoms with Crippen LogP contribution in [0, 0.1) is 0 Å². The monoisotopic (exact) mass is 218 g/mol. The molecule has 0 N–H and O–H groups in total. The maximum absolute atomic E-state index is 11.8. The fourth-order valence-electron chi connectivity index (χ4n) is 1.61. The second-order valence-electron chi connectivity index (χ2n) is 3.36. The van der Waals surface area contributed by atoms with E-state index >= 15 is 0 Å². The van der Waals surface area contributed by atoms with E-state index in [-0.39, 0.29) is 5.91 Å². The van der Waals surface area contributed by atoms with Gasteiger partial charge < -0.3 is 4.90 Å². The first-order valence-corrected chi connectivity index (χ1v) is 5.42. The Labute approximate surface area is 97.0 Å². The van der Waals surface area contributed by atoms with Gasteiger partial charge in [0, 0.05) is 14.1 Å². The molecule has 3 nitrogen and oxygen atoms in total. The van der Waals surface area contributed by atoms with Gasteiger partial charge in [0.05, 0.1) is 11.3 Å². The molecular weight excluding hydrogens is 200 g/mol. The molecule has 0 saturated carbocycles. The van der Waals surface area contributed by atoms with Crippen LogP contribution in [-0.2, 0) is 0 Å². The second-order valence-corrected chi connectivity index (χ2v) is 3.36. The first kappa shape index (κ1) is 12.3. The Balaban J connectivity index is 0.000000606. The van der Waals surface area contributed by atoms with E-state index in [2.05, 4.69) is 6.58 Å². The number of hydrogen-bond donors (Lipinski definition) is 0. The van der Waals surface area contributed by atoms with E-state index in [1.54, 1.807) is 11.9 Å². The summed E-state index contributed by atoms with van der Waals surface area (Å²) in [5.41, 5.74) is 1.64. The highest BCUT2D eigenvalue weighted by molar-refractivity contribution is 6.03. The van der Waals surface area contributed by atoms with E-state index in [4.69, 9.17) is 0 Å². The number of nitrogens with zero attached hydrogens (tertiary/aromatic N) is 2. The van der Waals surface area contributed by atoms with Crippen LogP contribution < -0.4 is 4.90 Å². The summed E-state index contributed by atoms with van der Waals surface area (Å²) in [5, 5.41) is 0. The highest BCUT2D eigenvalue weighted by atomic mass is 16.2. The third kappa shape index (κ3) is 1.81. The van der Waals surface area contributed by atoms with Crippen molar-refractivity contribution in [1.29, 1.82) is 0 Å². The SMILES string of the molecule is C=C1N(C)C(=O)c2ccccc2N1C.CC. The predicted molar refractivity (Wildman–Crippen MR) is 67.4 cm³/mol. The largest absolute Gasteiger partial charge is 0.331 e. The Bertz CT molecular complexity index is 412. The fraction of sp³-hybridized carbons (Fsp3) is 0.308. The van der Waals surface area contributed by atoms with Gasteiger partial charge in [0.15, 0.2) is 0 Å². The van der Waals surface area contributed by atoms with Crippen molar-refractivity contribution in [3.8, 4) is 0 Å². The zero-order valence-electron chi connectivity index (χ0n) is 10.3. The Hall–Kier alpha value is -1.77. The van der Waals surface area contributed by atoms with Gasteiger partial charge in [0.2, 0.25) is 0 Å². The molecule has 1 heterocycles. The lowest BCUT2D eigenvalue weighted by molar-refractivity contribution is 0.0826. The van der Waals surface area contributed by atoms with Gasteiger partial charge in [-0.25, -0.2) is 0 Å². The van der Waals surface area contributed by atoms with Crippen LogP contribution in [0.5, 0.6) is 0 Å². The Morgan fingerprint density at radius 3 is 2.25 bits per heavy atom. The van der Waals surface area contributed by atoms with Crippen molar-refractivity contribution in [3.63, 3.8) is 0 Å². The molecule has 1 aliphatic heterocycles. The molecule has 0 radical (unpaired) electrons. The maximum atomic E-state index is 11.8. The Morgan fingerprint density at radius 1 is 1.06 bits per heavy atom. The number of carbonyl (C=O) groups excluding carboxylic acids is 1. The molecule has 0 bridgehead atoms. The smallest absolute Gasteiger partial charge is 0.261 e. The van der Waals surface area contributed by atoms with E-state index in [0.29, 0.717) is 5.82 Å². The number of anilines is 1. The van der Waals surface area contributed by atoms with E-state index in [1.165, 1.54) is 0 Å². The minimum Gasteiger partial charge on any atom is -0.331 e.